The van der Waals surface area contributed by atoms with Crippen LogP contribution in [0.5, 0.6) is 0 Å². The monoisotopic (exact) mass is 357 g/mol. The van der Waals surface area contributed by atoms with Crippen molar-refractivity contribution in [1.82, 2.24) is 4.98 Å². The van der Waals surface area contributed by atoms with Crippen LogP contribution in [-0.4, -0.2) is 23.3 Å². The molecule has 0 spiro atoms. The number of aromatic amines is 1. The number of fused-ring (bicyclic) bond motifs is 1. The Morgan fingerprint density at radius 1 is 1.23 bits per heavy atom. The molecule has 1 aromatic carbocycles. The van der Waals surface area contributed by atoms with Gasteiger partial charge in [-0.05, 0) is 48.9 Å². The smallest absolute Gasteiger partial charge is 0.355 e. The van der Waals surface area contributed by atoms with E-state index in [1.54, 1.807) is 19.1 Å². The van der Waals surface area contributed by atoms with Crippen LogP contribution in [0.25, 0.3) is 0 Å². The topological polar surface area (TPSA) is 59.2 Å². The Morgan fingerprint density at radius 2 is 1.96 bits per heavy atom. The molecule has 1 aromatic heterocycles. The van der Waals surface area contributed by atoms with E-state index in [1.807, 2.05) is 0 Å². The van der Waals surface area contributed by atoms with Crippen LogP contribution in [0.3, 0.4) is 0 Å². The first-order valence-corrected chi connectivity index (χ1v) is 9.18. The van der Waals surface area contributed by atoms with Crippen molar-refractivity contribution in [3.05, 3.63) is 58.2 Å². The number of halogens is 1. The van der Waals surface area contributed by atoms with Gasteiger partial charge in [0.1, 0.15) is 11.5 Å². The van der Waals surface area contributed by atoms with Crippen LogP contribution in [0.4, 0.5) is 4.39 Å². The van der Waals surface area contributed by atoms with Crippen molar-refractivity contribution >= 4 is 11.8 Å². The molecule has 3 rings (SSSR count). The van der Waals surface area contributed by atoms with Gasteiger partial charge in [-0.1, -0.05) is 31.9 Å². The number of benzene rings is 1. The number of hydrogen-bond acceptors (Lipinski definition) is 3. The van der Waals surface area contributed by atoms with Crippen LogP contribution < -0.4 is 0 Å². The predicted molar refractivity (Wildman–Crippen MR) is 97.1 cm³/mol. The van der Waals surface area contributed by atoms with Crippen molar-refractivity contribution in [2.75, 3.05) is 6.61 Å². The number of carbonyl (C=O) groups excluding carboxylic acids is 2. The van der Waals surface area contributed by atoms with Gasteiger partial charge in [-0.2, -0.15) is 0 Å². The Morgan fingerprint density at radius 3 is 2.65 bits per heavy atom. The fourth-order valence-corrected chi connectivity index (χ4v) is 3.60. The van der Waals surface area contributed by atoms with Gasteiger partial charge in [0.2, 0.25) is 0 Å². The molecule has 0 fully saturated rings. The van der Waals surface area contributed by atoms with Crippen molar-refractivity contribution in [3.63, 3.8) is 0 Å². The number of unbranched alkanes of at least 4 members (excludes halogenated alkanes) is 2. The molecular formula is C21H24FNO3. The third-order valence-electron chi connectivity index (χ3n) is 5.02. The van der Waals surface area contributed by atoms with Crippen LogP contribution in [0.1, 0.15) is 76.2 Å². The highest BCUT2D eigenvalue weighted by Crippen LogP contribution is 2.35. The summed E-state index contributed by atoms with van der Waals surface area (Å²) in [6, 6.07) is 6.26. The van der Waals surface area contributed by atoms with Crippen LogP contribution in [-0.2, 0) is 11.2 Å². The van der Waals surface area contributed by atoms with Gasteiger partial charge < -0.3 is 9.72 Å². The minimum Gasteiger partial charge on any atom is -0.461 e. The Balaban J connectivity index is 1.78. The molecular weight excluding hydrogens is 333 g/mol. The van der Waals surface area contributed by atoms with E-state index in [1.165, 1.54) is 12.1 Å². The number of ketones is 1. The molecule has 0 aliphatic heterocycles. The highest BCUT2D eigenvalue weighted by Gasteiger charge is 2.32. The average Bonchev–Trinajstić information content (AvgIpc) is 2.96. The number of hydrogen-bond donors (Lipinski definition) is 1. The Labute approximate surface area is 152 Å². The van der Waals surface area contributed by atoms with E-state index in [-0.39, 0.29) is 17.5 Å². The number of carbonyl (C=O) groups is 2. The van der Waals surface area contributed by atoms with Crippen molar-refractivity contribution < 1.29 is 18.7 Å². The zero-order valence-corrected chi connectivity index (χ0v) is 15.2. The minimum atomic E-state index is -0.404. The molecule has 1 heterocycles. The molecule has 1 aliphatic carbocycles. The molecule has 2 aromatic rings. The molecule has 0 amide bonds. The fourth-order valence-electron chi connectivity index (χ4n) is 3.60. The highest BCUT2D eigenvalue weighted by atomic mass is 19.1. The molecule has 1 N–H and O–H groups in total. The minimum absolute atomic E-state index is 0.0120. The molecule has 0 saturated heterocycles. The highest BCUT2D eigenvalue weighted by molar-refractivity contribution is 6.03. The van der Waals surface area contributed by atoms with Gasteiger partial charge >= 0.3 is 5.97 Å². The molecule has 0 saturated carbocycles. The lowest BCUT2D eigenvalue weighted by Gasteiger charge is -2.22. The second-order valence-corrected chi connectivity index (χ2v) is 6.90. The van der Waals surface area contributed by atoms with Crippen molar-refractivity contribution in [2.45, 2.75) is 51.9 Å². The summed E-state index contributed by atoms with van der Waals surface area (Å²) < 4.78 is 18.5. The van der Waals surface area contributed by atoms with Crippen molar-refractivity contribution in [3.8, 4) is 0 Å². The van der Waals surface area contributed by atoms with Crippen LogP contribution in [0.2, 0.25) is 0 Å². The van der Waals surface area contributed by atoms with Crippen LogP contribution in [0, 0.1) is 12.7 Å². The first-order chi connectivity index (χ1) is 12.5. The van der Waals surface area contributed by atoms with Gasteiger partial charge in [0.05, 0.1) is 6.61 Å². The molecule has 138 valence electrons. The molecule has 4 nitrogen and oxygen atoms in total. The maximum Gasteiger partial charge on any atom is 0.355 e. The molecule has 5 heteroatoms. The predicted octanol–water partition coefficient (Wildman–Crippen LogP) is 4.72. The second-order valence-electron chi connectivity index (χ2n) is 6.90. The summed E-state index contributed by atoms with van der Waals surface area (Å²) in [5.41, 5.74) is 3.36. The Hall–Kier alpha value is -2.43. The van der Waals surface area contributed by atoms with E-state index in [0.717, 1.165) is 30.5 Å². The van der Waals surface area contributed by atoms with Gasteiger partial charge in [-0.25, -0.2) is 9.18 Å². The van der Waals surface area contributed by atoms with Gasteiger partial charge in [-0.3, -0.25) is 4.79 Å². The summed E-state index contributed by atoms with van der Waals surface area (Å²) in [7, 11) is 0. The van der Waals surface area contributed by atoms with Crippen LogP contribution in [0.15, 0.2) is 24.3 Å². The van der Waals surface area contributed by atoms with Crippen molar-refractivity contribution in [2.24, 2.45) is 0 Å². The van der Waals surface area contributed by atoms with E-state index >= 15 is 0 Å². The lowest BCUT2D eigenvalue weighted by molar-refractivity contribution is 0.0491. The molecule has 1 aliphatic rings. The van der Waals surface area contributed by atoms with E-state index in [4.69, 9.17) is 4.74 Å². The third kappa shape index (κ3) is 3.71. The third-order valence-corrected chi connectivity index (χ3v) is 5.02. The Kier molecular flexibility index (Phi) is 5.55. The van der Waals surface area contributed by atoms with E-state index in [0.29, 0.717) is 36.3 Å². The van der Waals surface area contributed by atoms with Crippen molar-refractivity contribution in [1.29, 1.82) is 0 Å². The number of nitrogens with one attached hydrogen (secondary N) is 1. The average molecular weight is 357 g/mol. The van der Waals surface area contributed by atoms with Gasteiger partial charge in [-0.15, -0.1) is 0 Å². The van der Waals surface area contributed by atoms with E-state index < -0.39 is 5.97 Å². The fraction of sp³-hybridized carbons (Fsp3) is 0.429. The second kappa shape index (κ2) is 7.85. The van der Waals surface area contributed by atoms with Crippen LogP contribution >= 0.6 is 0 Å². The number of aromatic nitrogens is 1. The molecule has 0 bridgehead atoms. The molecule has 0 unspecified atom stereocenters. The van der Waals surface area contributed by atoms with Gasteiger partial charge in [0, 0.05) is 17.7 Å². The van der Waals surface area contributed by atoms with Gasteiger partial charge in [0.25, 0.3) is 0 Å². The zero-order valence-electron chi connectivity index (χ0n) is 15.2. The summed E-state index contributed by atoms with van der Waals surface area (Å²) in [4.78, 5) is 28.1. The number of Topliss-reactive ketones (excluding diaryl/α,β-unsaturated/α-hetero) is 1. The van der Waals surface area contributed by atoms with Gasteiger partial charge in [0.15, 0.2) is 5.78 Å². The molecule has 1 atom stereocenters. The number of esters is 1. The summed E-state index contributed by atoms with van der Waals surface area (Å²) in [6.07, 6.45) is 3.91. The zero-order chi connectivity index (χ0) is 18.7. The largest absolute Gasteiger partial charge is 0.461 e. The molecule has 26 heavy (non-hydrogen) atoms. The van der Waals surface area contributed by atoms with E-state index in [2.05, 4.69) is 11.9 Å². The standard InChI is InChI=1S/C21H24FNO3/c1-3-4-5-10-26-21(25)20-13(2)19-17(23-20)11-15(12-18(19)24)14-6-8-16(22)9-7-14/h6-9,15,23H,3-5,10-12H2,1-2H3/t15-/m1/s1. The molecule has 0 radical (unpaired) electrons. The maximum absolute atomic E-state index is 13.1. The lowest BCUT2D eigenvalue weighted by Crippen LogP contribution is -2.18. The quantitative estimate of drug-likeness (QED) is 0.601. The summed E-state index contributed by atoms with van der Waals surface area (Å²) >= 11 is 0. The number of ether oxygens (including phenoxy) is 1. The normalized spacial score (nSPS) is 16.4. The summed E-state index contributed by atoms with van der Waals surface area (Å²) in [6.45, 7) is 4.27. The first kappa shape index (κ1) is 18.4. The summed E-state index contributed by atoms with van der Waals surface area (Å²) in [5.74, 6) is -0.694. The van der Waals surface area contributed by atoms with E-state index in [9.17, 15) is 14.0 Å². The first-order valence-electron chi connectivity index (χ1n) is 9.18. The summed E-state index contributed by atoms with van der Waals surface area (Å²) in [5, 5.41) is 0. The number of H-pyrrole nitrogens is 1. The Bertz CT molecular complexity index is 807. The SMILES string of the molecule is CCCCCOC(=O)c1[nH]c2c(c1C)C(=O)C[C@H](c1ccc(F)cc1)C2. The lowest BCUT2D eigenvalue weighted by atomic mass is 9.81. The maximum atomic E-state index is 13.1. The number of rotatable bonds is 6.